The Kier molecular flexibility index (Phi) is 9.63. The molecule has 214 valence electrons. The molecule has 2 aromatic rings. The highest BCUT2D eigenvalue weighted by atomic mass is 32.2. The Morgan fingerprint density at radius 1 is 0.923 bits per heavy atom. The maximum atomic E-state index is 13.1. The molecule has 2 aliphatic heterocycles. The van der Waals surface area contributed by atoms with Crippen LogP contribution in [0.3, 0.4) is 0 Å². The first-order valence-corrected chi connectivity index (χ1v) is 14.6. The number of piperidine rings is 1. The van der Waals surface area contributed by atoms with Crippen molar-refractivity contribution in [2.24, 2.45) is 5.92 Å². The van der Waals surface area contributed by atoms with Gasteiger partial charge >= 0.3 is 15.5 Å². The molecule has 39 heavy (non-hydrogen) atoms. The number of sulfonamides is 1. The van der Waals surface area contributed by atoms with E-state index in [2.05, 4.69) is 15.1 Å². The van der Waals surface area contributed by atoms with E-state index in [1.54, 1.807) is 0 Å². The highest BCUT2D eigenvalue weighted by molar-refractivity contribution is 7.90. The van der Waals surface area contributed by atoms with E-state index >= 15 is 0 Å². The maximum Gasteiger partial charge on any atom is 0.511 e. The third kappa shape index (κ3) is 7.77. The number of piperazine rings is 1. The number of likely N-dealkylation sites (tertiary alicyclic amines) is 1. The summed E-state index contributed by atoms with van der Waals surface area (Å²) >= 11 is 0. The molecule has 4 rings (SSSR count). The molecule has 12 heteroatoms. The van der Waals surface area contributed by atoms with E-state index in [4.69, 9.17) is 0 Å². The SMILES string of the molecule is O=C(CC1CCN(CCC(c2ccccc2)N2CCN(S(=O)(=O)C(F)(F)F)CC2)CC1)Nc1ccc(F)cc1. The summed E-state index contributed by atoms with van der Waals surface area (Å²) in [6, 6.07) is 15.4. The van der Waals surface area contributed by atoms with Gasteiger partial charge in [0.25, 0.3) is 0 Å². The largest absolute Gasteiger partial charge is 0.511 e. The van der Waals surface area contributed by atoms with Crippen molar-refractivity contribution in [1.29, 1.82) is 0 Å². The average molecular weight is 571 g/mol. The third-order valence-corrected chi connectivity index (χ3v) is 9.19. The van der Waals surface area contributed by atoms with Gasteiger partial charge in [-0.25, -0.2) is 12.8 Å². The summed E-state index contributed by atoms with van der Waals surface area (Å²) in [4.78, 5) is 16.8. The van der Waals surface area contributed by atoms with Crippen LogP contribution in [0.4, 0.5) is 23.2 Å². The van der Waals surface area contributed by atoms with Gasteiger partial charge in [-0.2, -0.15) is 17.5 Å². The van der Waals surface area contributed by atoms with E-state index in [-0.39, 0.29) is 49.9 Å². The number of nitrogens with one attached hydrogen (secondary N) is 1. The zero-order valence-electron chi connectivity index (χ0n) is 21.6. The number of hydrogen-bond donors (Lipinski definition) is 1. The Labute approximate surface area is 226 Å². The van der Waals surface area contributed by atoms with Crippen molar-refractivity contribution in [3.63, 3.8) is 0 Å². The molecule has 1 amide bonds. The number of alkyl halides is 3. The molecule has 0 bridgehead atoms. The average Bonchev–Trinajstić information content (AvgIpc) is 2.91. The number of nitrogens with zero attached hydrogens (tertiary/aromatic N) is 3. The lowest BCUT2D eigenvalue weighted by atomic mass is 9.92. The van der Waals surface area contributed by atoms with E-state index in [0.29, 0.717) is 16.4 Å². The monoisotopic (exact) mass is 570 g/mol. The fourth-order valence-electron chi connectivity index (χ4n) is 5.36. The van der Waals surface area contributed by atoms with Crippen LogP contribution in [0.25, 0.3) is 0 Å². The zero-order chi connectivity index (χ0) is 28.0. The Bertz CT molecular complexity index is 1180. The summed E-state index contributed by atoms with van der Waals surface area (Å²) in [5, 5.41) is 2.81. The molecule has 1 N–H and O–H groups in total. The number of anilines is 1. The van der Waals surface area contributed by atoms with Crippen LogP contribution in [0.1, 0.15) is 37.3 Å². The second kappa shape index (κ2) is 12.8. The molecule has 2 fully saturated rings. The molecule has 2 aromatic carbocycles. The van der Waals surface area contributed by atoms with Crippen molar-refractivity contribution in [2.45, 2.75) is 37.2 Å². The fraction of sp³-hybridized carbons (Fsp3) is 0.519. The first-order valence-electron chi connectivity index (χ1n) is 13.2. The maximum absolute atomic E-state index is 13.1. The van der Waals surface area contributed by atoms with E-state index in [0.717, 1.165) is 44.5 Å². The van der Waals surface area contributed by atoms with Crippen molar-refractivity contribution in [2.75, 3.05) is 51.1 Å². The summed E-state index contributed by atoms with van der Waals surface area (Å²) in [7, 11) is -5.32. The number of amides is 1. The molecule has 0 radical (unpaired) electrons. The van der Waals surface area contributed by atoms with Gasteiger partial charge in [-0.05, 0) is 74.6 Å². The van der Waals surface area contributed by atoms with Crippen LogP contribution in [0.15, 0.2) is 54.6 Å². The van der Waals surface area contributed by atoms with Crippen LogP contribution in [0.5, 0.6) is 0 Å². The Balaban J connectivity index is 1.27. The lowest BCUT2D eigenvalue weighted by molar-refractivity contribution is -0.117. The molecular formula is C27H34F4N4O3S. The summed E-state index contributed by atoms with van der Waals surface area (Å²) < 4.78 is 76.2. The van der Waals surface area contributed by atoms with Gasteiger partial charge in [0.1, 0.15) is 5.82 Å². The van der Waals surface area contributed by atoms with Crippen molar-refractivity contribution >= 4 is 21.6 Å². The van der Waals surface area contributed by atoms with E-state index < -0.39 is 15.5 Å². The molecule has 1 unspecified atom stereocenters. The van der Waals surface area contributed by atoms with Crippen LogP contribution in [0, 0.1) is 11.7 Å². The summed E-state index contributed by atoms with van der Waals surface area (Å²) in [6.45, 7) is 2.52. The summed E-state index contributed by atoms with van der Waals surface area (Å²) in [5.74, 6) is -0.183. The molecule has 0 aromatic heterocycles. The summed E-state index contributed by atoms with van der Waals surface area (Å²) in [5.41, 5.74) is -3.67. The molecule has 0 saturated carbocycles. The molecule has 0 aliphatic carbocycles. The number of carbonyl (C=O) groups excluding carboxylic acids is 1. The molecule has 1 atom stereocenters. The Morgan fingerprint density at radius 3 is 2.13 bits per heavy atom. The molecular weight excluding hydrogens is 536 g/mol. The first-order chi connectivity index (χ1) is 18.5. The van der Waals surface area contributed by atoms with E-state index in [1.807, 2.05) is 30.3 Å². The minimum atomic E-state index is -5.32. The smallest absolute Gasteiger partial charge is 0.326 e. The van der Waals surface area contributed by atoms with Crippen molar-refractivity contribution < 1.29 is 30.8 Å². The van der Waals surface area contributed by atoms with Gasteiger partial charge in [-0.15, -0.1) is 0 Å². The van der Waals surface area contributed by atoms with Gasteiger partial charge in [-0.3, -0.25) is 9.69 Å². The first kappa shape index (κ1) is 29.4. The minimum absolute atomic E-state index is 0.0406. The lowest BCUT2D eigenvalue weighted by Gasteiger charge is -2.40. The molecule has 7 nitrogen and oxygen atoms in total. The van der Waals surface area contributed by atoms with Gasteiger partial charge in [-0.1, -0.05) is 30.3 Å². The Hall–Kier alpha value is -2.54. The fourth-order valence-corrected chi connectivity index (χ4v) is 6.30. The van der Waals surface area contributed by atoms with Gasteiger partial charge in [0.15, 0.2) is 0 Å². The number of halogens is 4. The highest BCUT2D eigenvalue weighted by Gasteiger charge is 2.50. The number of carbonyl (C=O) groups is 1. The van der Waals surface area contributed by atoms with Crippen LogP contribution in [-0.2, 0) is 14.8 Å². The second-order valence-electron chi connectivity index (χ2n) is 10.1. The quantitative estimate of drug-likeness (QED) is 0.451. The highest BCUT2D eigenvalue weighted by Crippen LogP contribution is 2.31. The standard InChI is InChI=1S/C27H34F4N4O3S/c28-23-6-8-24(9-7-23)32-26(36)20-21-10-13-33(14-11-21)15-12-25(22-4-2-1-3-5-22)34-16-18-35(19-17-34)39(37,38)27(29,30)31/h1-9,21,25H,10-20H2,(H,32,36). The van der Waals surface area contributed by atoms with Gasteiger partial charge in [0.05, 0.1) is 0 Å². The molecule has 2 aliphatic rings. The minimum Gasteiger partial charge on any atom is -0.326 e. The van der Waals surface area contributed by atoms with Gasteiger partial charge < -0.3 is 10.2 Å². The lowest BCUT2D eigenvalue weighted by Crippen LogP contribution is -2.52. The molecule has 2 heterocycles. The van der Waals surface area contributed by atoms with Crippen LogP contribution in [0.2, 0.25) is 0 Å². The predicted octanol–water partition coefficient (Wildman–Crippen LogP) is 4.46. The number of hydrogen-bond acceptors (Lipinski definition) is 5. The summed E-state index contributed by atoms with van der Waals surface area (Å²) in [6.07, 6.45) is 2.91. The van der Waals surface area contributed by atoms with Crippen molar-refractivity contribution in [3.05, 3.63) is 66.0 Å². The van der Waals surface area contributed by atoms with Gasteiger partial charge in [0.2, 0.25) is 5.91 Å². The topological polar surface area (TPSA) is 73.0 Å². The predicted molar refractivity (Wildman–Crippen MR) is 141 cm³/mol. The van der Waals surface area contributed by atoms with Crippen LogP contribution < -0.4 is 5.32 Å². The van der Waals surface area contributed by atoms with E-state index in [1.165, 1.54) is 24.3 Å². The van der Waals surface area contributed by atoms with Crippen LogP contribution in [-0.4, -0.2) is 79.8 Å². The van der Waals surface area contributed by atoms with Gasteiger partial charge in [0, 0.05) is 44.3 Å². The van der Waals surface area contributed by atoms with E-state index in [9.17, 15) is 30.8 Å². The Morgan fingerprint density at radius 2 is 1.54 bits per heavy atom. The van der Waals surface area contributed by atoms with Crippen molar-refractivity contribution in [1.82, 2.24) is 14.1 Å². The number of benzene rings is 2. The zero-order valence-corrected chi connectivity index (χ0v) is 22.4. The third-order valence-electron chi connectivity index (χ3n) is 7.56. The molecule has 2 saturated heterocycles. The number of rotatable bonds is 9. The second-order valence-corrected chi connectivity index (χ2v) is 12.1. The van der Waals surface area contributed by atoms with Crippen LogP contribution >= 0.6 is 0 Å². The van der Waals surface area contributed by atoms with Crippen molar-refractivity contribution in [3.8, 4) is 0 Å². The molecule has 0 spiro atoms. The normalized spacial score (nSPS) is 19.6.